The van der Waals surface area contributed by atoms with Crippen molar-refractivity contribution in [1.82, 2.24) is 15.3 Å². The molecule has 0 radical (unpaired) electrons. The topological polar surface area (TPSA) is 102 Å². The number of aromatic nitrogens is 2. The third-order valence-corrected chi connectivity index (χ3v) is 2.17. The van der Waals surface area contributed by atoms with Crippen LogP contribution in [0.25, 0.3) is 0 Å². The molecule has 7 nitrogen and oxygen atoms in total. The van der Waals surface area contributed by atoms with Crippen LogP contribution in [0.5, 0.6) is 0 Å². The summed E-state index contributed by atoms with van der Waals surface area (Å²) >= 11 is 0. The van der Waals surface area contributed by atoms with E-state index in [1.807, 2.05) is 27.7 Å². The quantitative estimate of drug-likeness (QED) is 0.716. The number of anilines is 2. The summed E-state index contributed by atoms with van der Waals surface area (Å²) < 4.78 is 5.23. The number of ether oxygens (including phenoxy) is 1. The first-order valence-corrected chi connectivity index (χ1v) is 6.56. The number of hydrogen-bond donors (Lipinski definition) is 3. The van der Waals surface area contributed by atoms with Gasteiger partial charge in [0, 0.05) is 18.2 Å². The molecule has 0 aliphatic rings. The predicted molar refractivity (Wildman–Crippen MR) is 78.2 cm³/mol. The van der Waals surface area contributed by atoms with Gasteiger partial charge >= 0.3 is 0 Å². The molecule has 7 heteroatoms. The monoisotopic (exact) mass is 281 g/mol. The summed E-state index contributed by atoms with van der Waals surface area (Å²) in [6, 6.07) is 1.58. The van der Waals surface area contributed by atoms with Crippen LogP contribution in [0.4, 0.5) is 11.6 Å². The second-order valence-electron chi connectivity index (χ2n) is 5.38. The molecule has 0 aliphatic carbocycles. The van der Waals surface area contributed by atoms with Crippen molar-refractivity contribution in [2.75, 3.05) is 24.2 Å². The molecule has 0 unspecified atom stereocenters. The van der Waals surface area contributed by atoms with E-state index < -0.39 is 0 Å². The van der Waals surface area contributed by atoms with Gasteiger partial charge in [-0.2, -0.15) is 0 Å². The minimum absolute atomic E-state index is 0.110. The zero-order valence-electron chi connectivity index (χ0n) is 12.5. The highest BCUT2D eigenvalue weighted by molar-refractivity contribution is 5.81. The molecule has 4 N–H and O–H groups in total. The molecule has 0 bridgehead atoms. The molecule has 0 aromatic carbocycles. The van der Waals surface area contributed by atoms with E-state index in [4.69, 9.17) is 10.5 Å². The fraction of sp³-hybridized carbons (Fsp3) is 0.615. The van der Waals surface area contributed by atoms with Crippen LogP contribution in [-0.2, 0) is 16.1 Å². The van der Waals surface area contributed by atoms with Crippen LogP contribution >= 0.6 is 0 Å². The van der Waals surface area contributed by atoms with Crippen molar-refractivity contribution in [2.45, 2.75) is 39.8 Å². The summed E-state index contributed by atoms with van der Waals surface area (Å²) in [7, 11) is 0. The van der Waals surface area contributed by atoms with E-state index >= 15 is 0 Å². The second kappa shape index (κ2) is 7.04. The first-order chi connectivity index (χ1) is 9.30. The molecule has 112 valence electrons. The lowest BCUT2D eigenvalue weighted by Gasteiger charge is -2.20. The first kappa shape index (κ1) is 16.2. The average Bonchev–Trinajstić information content (AvgIpc) is 2.31. The Morgan fingerprint density at radius 2 is 2.10 bits per heavy atom. The molecule has 1 aromatic heterocycles. The number of nitrogens with two attached hydrogens (primary N) is 1. The summed E-state index contributed by atoms with van der Waals surface area (Å²) in [5, 5.41) is 5.78. The Labute approximate surface area is 119 Å². The van der Waals surface area contributed by atoms with Crippen molar-refractivity contribution >= 4 is 17.5 Å². The SMILES string of the molecule is CCOCc1nc(N)cc(NCC(=O)NC(C)(C)C)n1. The molecule has 0 fully saturated rings. The van der Waals surface area contributed by atoms with Crippen molar-refractivity contribution in [2.24, 2.45) is 0 Å². The van der Waals surface area contributed by atoms with Gasteiger partial charge in [0.15, 0.2) is 5.82 Å². The van der Waals surface area contributed by atoms with Gasteiger partial charge in [-0.15, -0.1) is 0 Å². The summed E-state index contributed by atoms with van der Waals surface area (Å²) in [5.41, 5.74) is 5.43. The molecule has 1 aromatic rings. The molecule has 20 heavy (non-hydrogen) atoms. The third-order valence-electron chi connectivity index (χ3n) is 2.17. The average molecular weight is 281 g/mol. The van der Waals surface area contributed by atoms with Crippen LogP contribution in [0.2, 0.25) is 0 Å². The zero-order chi connectivity index (χ0) is 15.2. The van der Waals surface area contributed by atoms with Crippen LogP contribution in [0.3, 0.4) is 0 Å². The fourth-order valence-electron chi connectivity index (χ4n) is 1.50. The number of nitrogen functional groups attached to an aromatic ring is 1. The molecule has 0 saturated carbocycles. The molecule has 0 spiro atoms. The van der Waals surface area contributed by atoms with Gasteiger partial charge in [-0.25, -0.2) is 9.97 Å². The van der Waals surface area contributed by atoms with E-state index in [1.165, 1.54) is 0 Å². The molecule has 0 aliphatic heterocycles. The van der Waals surface area contributed by atoms with Crippen molar-refractivity contribution in [1.29, 1.82) is 0 Å². The number of rotatable bonds is 6. The van der Waals surface area contributed by atoms with Crippen LogP contribution in [0, 0.1) is 0 Å². The Hall–Kier alpha value is -1.89. The Morgan fingerprint density at radius 1 is 1.40 bits per heavy atom. The number of hydrogen-bond acceptors (Lipinski definition) is 6. The van der Waals surface area contributed by atoms with E-state index in [2.05, 4.69) is 20.6 Å². The molecule has 1 amide bonds. The van der Waals surface area contributed by atoms with Gasteiger partial charge in [0.05, 0.1) is 6.54 Å². The molecule has 0 atom stereocenters. The van der Waals surface area contributed by atoms with Crippen LogP contribution < -0.4 is 16.4 Å². The smallest absolute Gasteiger partial charge is 0.239 e. The van der Waals surface area contributed by atoms with Gasteiger partial charge in [-0.3, -0.25) is 4.79 Å². The van der Waals surface area contributed by atoms with Crippen LogP contribution in [0.1, 0.15) is 33.5 Å². The summed E-state index contributed by atoms with van der Waals surface area (Å²) in [5.74, 6) is 1.23. The Bertz CT molecular complexity index is 457. The standard InChI is InChI=1S/C13H23N5O2/c1-5-20-8-11-16-9(14)6-10(17-11)15-7-12(19)18-13(2,3)4/h6H,5,7-8H2,1-4H3,(H,18,19)(H3,14,15,16,17). The Balaban J connectivity index is 2.59. The number of amides is 1. The first-order valence-electron chi connectivity index (χ1n) is 6.56. The Kier molecular flexibility index (Phi) is 5.69. The van der Waals surface area contributed by atoms with E-state index in [1.54, 1.807) is 6.07 Å². The van der Waals surface area contributed by atoms with Gasteiger partial charge in [0.25, 0.3) is 0 Å². The molecule has 1 heterocycles. The number of nitrogens with one attached hydrogen (secondary N) is 2. The van der Waals surface area contributed by atoms with E-state index in [-0.39, 0.29) is 18.0 Å². The number of carbonyl (C=O) groups is 1. The summed E-state index contributed by atoms with van der Waals surface area (Å²) in [4.78, 5) is 20.0. The highest BCUT2D eigenvalue weighted by Gasteiger charge is 2.13. The zero-order valence-corrected chi connectivity index (χ0v) is 12.5. The lowest BCUT2D eigenvalue weighted by molar-refractivity contribution is -0.120. The van der Waals surface area contributed by atoms with Gasteiger partial charge in [-0.05, 0) is 27.7 Å². The lowest BCUT2D eigenvalue weighted by atomic mass is 10.1. The molecule has 0 saturated heterocycles. The van der Waals surface area contributed by atoms with Crippen molar-refractivity contribution in [3.05, 3.63) is 11.9 Å². The van der Waals surface area contributed by atoms with Crippen molar-refractivity contribution < 1.29 is 9.53 Å². The van der Waals surface area contributed by atoms with E-state index in [9.17, 15) is 4.79 Å². The maximum absolute atomic E-state index is 11.7. The highest BCUT2D eigenvalue weighted by atomic mass is 16.5. The minimum atomic E-state index is -0.260. The van der Waals surface area contributed by atoms with Crippen LogP contribution in [-0.4, -0.2) is 34.6 Å². The lowest BCUT2D eigenvalue weighted by Crippen LogP contribution is -2.43. The van der Waals surface area contributed by atoms with E-state index in [0.29, 0.717) is 30.7 Å². The second-order valence-corrected chi connectivity index (χ2v) is 5.38. The molecular formula is C13H23N5O2. The van der Waals surface area contributed by atoms with E-state index in [0.717, 1.165) is 0 Å². The maximum Gasteiger partial charge on any atom is 0.239 e. The third kappa shape index (κ3) is 6.33. The number of nitrogens with zero attached hydrogens (tertiary/aromatic N) is 2. The maximum atomic E-state index is 11.7. The summed E-state index contributed by atoms with van der Waals surface area (Å²) in [6.45, 7) is 8.67. The van der Waals surface area contributed by atoms with Gasteiger partial charge < -0.3 is 21.1 Å². The minimum Gasteiger partial charge on any atom is -0.384 e. The van der Waals surface area contributed by atoms with Crippen LogP contribution in [0.15, 0.2) is 6.07 Å². The molecule has 1 rings (SSSR count). The number of carbonyl (C=O) groups excluding carboxylic acids is 1. The molecular weight excluding hydrogens is 258 g/mol. The Morgan fingerprint density at radius 3 is 2.70 bits per heavy atom. The van der Waals surface area contributed by atoms with Crippen molar-refractivity contribution in [3.63, 3.8) is 0 Å². The highest BCUT2D eigenvalue weighted by Crippen LogP contribution is 2.09. The van der Waals surface area contributed by atoms with Gasteiger partial charge in [-0.1, -0.05) is 0 Å². The normalized spacial score (nSPS) is 11.2. The fourth-order valence-corrected chi connectivity index (χ4v) is 1.50. The predicted octanol–water partition coefficient (Wildman–Crippen LogP) is 0.922. The largest absolute Gasteiger partial charge is 0.384 e. The van der Waals surface area contributed by atoms with Gasteiger partial charge in [0.1, 0.15) is 18.2 Å². The van der Waals surface area contributed by atoms with Gasteiger partial charge in [0.2, 0.25) is 5.91 Å². The van der Waals surface area contributed by atoms with Crippen molar-refractivity contribution in [3.8, 4) is 0 Å². The summed E-state index contributed by atoms with van der Waals surface area (Å²) in [6.07, 6.45) is 0.